The van der Waals surface area contributed by atoms with Gasteiger partial charge in [0.2, 0.25) is 10.0 Å². The Labute approximate surface area is 119 Å². The van der Waals surface area contributed by atoms with Crippen LogP contribution in [0.5, 0.6) is 0 Å². The smallest absolute Gasteiger partial charge is 0.214 e. The Morgan fingerprint density at radius 3 is 2.37 bits per heavy atom. The number of rotatable bonds is 9. The molecule has 0 aromatic heterocycles. The number of unbranched alkanes of at least 4 members (excludes halogenated alkanes) is 1. The SMILES string of the molecule is CCNCCCCS(=O)(=O)N(CC)C1CCCCC1. The summed E-state index contributed by atoms with van der Waals surface area (Å²) in [6.07, 6.45) is 7.41. The highest BCUT2D eigenvalue weighted by Gasteiger charge is 2.28. The summed E-state index contributed by atoms with van der Waals surface area (Å²) in [5, 5.41) is 3.23. The van der Waals surface area contributed by atoms with Crippen molar-refractivity contribution < 1.29 is 8.42 Å². The third-order valence-electron chi connectivity index (χ3n) is 3.91. The van der Waals surface area contributed by atoms with Gasteiger partial charge in [-0.3, -0.25) is 0 Å². The lowest BCUT2D eigenvalue weighted by atomic mass is 9.95. The maximum absolute atomic E-state index is 12.4. The van der Waals surface area contributed by atoms with Gasteiger partial charge in [0.1, 0.15) is 0 Å². The molecule has 1 saturated carbocycles. The molecule has 5 heteroatoms. The number of hydrogen-bond donors (Lipinski definition) is 1. The average molecular weight is 290 g/mol. The molecule has 114 valence electrons. The molecule has 0 unspecified atom stereocenters. The predicted octanol–water partition coefficient (Wildman–Crippen LogP) is 2.36. The van der Waals surface area contributed by atoms with Crippen molar-refractivity contribution in [3.8, 4) is 0 Å². The minimum Gasteiger partial charge on any atom is -0.317 e. The highest BCUT2D eigenvalue weighted by Crippen LogP contribution is 2.25. The summed E-state index contributed by atoms with van der Waals surface area (Å²) < 4.78 is 26.6. The minimum atomic E-state index is -3.05. The van der Waals surface area contributed by atoms with Crippen LogP contribution < -0.4 is 5.32 Å². The van der Waals surface area contributed by atoms with E-state index in [4.69, 9.17) is 0 Å². The van der Waals surface area contributed by atoms with Crippen molar-refractivity contribution in [2.24, 2.45) is 0 Å². The van der Waals surface area contributed by atoms with Crippen molar-refractivity contribution >= 4 is 10.0 Å². The predicted molar refractivity (Wildman–Crippen MR) is 80.8 cm³/mol. The fourth-order valence-electron chi connectivity index (χ4n) is 2.88. The van der Waals surface area contributed by atoms with E-state index >= 15 is 0 Å². The molecule has 0 aliphatic heterocycles. The molecule has 0 saturated heterocycles. The van der Waals surface area contributed by atoms with E-state index in [2.05, 4.69) is 12.2 Å². The van der Waals surface area contributed by atoms with Gasteiger partial charge in [0, 0.05) is 12.6 Å². The van der Waals surface area contributed by atoms with E-state index in [0.29, 0.717) is 12.3 Å². The molecular weight excluding hydrogens is 260 g/mol. The monoisotopic (exact) mass is 290 g/mol. The average Bonchev–Trinajstić information content (AvgIpc) is 2.40. The van der Waals surface area contributed by atoms with E-state index in [1.807, 2.05) is 6.92 Å². The highest BCUT2D eigenvalue weighted by molar-refractivity contribution is 7.89. The molecule has 1 rings (SSSR count). The summed E-state index contributed by atoms with van der Waals surface area (Å²) in [6.45, 7) is 6.53. The highest BCUT2D eigenvalue weighted by atomic mass is 32.2. The Hall–Kier alpha value is -0.130. The Morgan fingerprint density at radius 2 is 1.79 bits per heavy atom. The van der Waals surface area contributed by atoms with Gasteiger partial charge in [0.25, 0.3) is 0 Å². The maximum Gasteiger partial charge on any atom is 0.214 e. The standard InChI is InChI=1S/C14H30N2O2S/c1-3-15-12-8-9-13-19(17,18)16(4-2)14-10-6-5-7-11-14/h14-15H,3-13H2,1-2H3. The van der Waals surface area contributed by atoms with Crippen LogP contribution in [-0.2, 0) is 10.0 Å². The normalized spacial score (nSPS) is 18.1. The fourth-order valence-corrected chi connectivity index (χ4v) is 4.74. The second-order valence-corrected chi connectivity index (χ2v) is 7.41. The van der Waals surface area contributed by atoms with Crippen molar-refractivity contribution in [1.82, 2.24) is 9.62 Å². The largest absolute Gasteiger partial charge is 0.317 e. The van der Waals surface area contributed by atoms with Crippen molar-refractivity contribution in [3.63, 3.8) is 0 Å². The molecule has 1 fully saturated rings. The van der Waals surface area contributed by atoms with Crippen LogP contribution >= 0.6 is 0 Å². The first-order valence-electron chi connectivity index (χ1n) is 7.82. The zero-order valence-electron chi connectivity index (χ0n) is 12.5. The molecule has 19 heavy (non-hydrogen) atoms. The number of hydrogen-bond acceptors (Lipinski definition) is 3. The van der Waals surface area contributed by atoms with Gasteiger partial charge in [-0.1, -0.05) is 33.1 Å². The molecule has 0 heterocycles. The molecule has 1 aliphatic rings. The third kappa shape index (κ3) is 5.79. The van der Waals surface area contributed by atoms with Gasteiger partial charge in [-0.2, -0.15) is 4.31 Å². The van der Waals surface area contributed by atoms with Gasteiger partial charge < -0.3 is 5.32 Å². The molecular formula is C14H30N2O2S. The summed E-state index contributed by atoms with van der Waals surface area (Å²) in [5.41, 5.74) is 0. The summed E-state index contributed by atoms with van der Waals surface area (Å²) in [4.78, 5) is 0. The van der Waals surface area contributed by atoms with Crippen molar-refractivity contribution in [2.45, 2.75) is 64.8 Å². The Balaban J connectivity index is 2.43. The number of nitrogens with one attached hydrogen (secondary N) is 1. The topological polar surface area (TPSA) is 49.4 Å². The summed E-state index contributed by atoms with van der Waals surface area (Å²) in [7, 11) is -3.05. The van der Waals surface area contributed by atoms with Crippen LogP contribution in [0.15, 0.2) is 0 Å². The van der Waals surface area contributed by atoms with Crippen molar-refractivity contribution in [2.75, 3.05) is 25.4 Å². The van der Waals surface area contributed by atoms with Gasteiger partial charge in [0.05, 0.1) is 5.75 Å². The number of sulfonamides is 1. The zero-order chi connectivity index (χ0) is 14.1. The molecule has 0 radical (unpaired) electrons. The summed E-state index contributed by atoms with van der Waals surface area (Å²) in [6, 6.07) is 0.262. The van der Waals surface area contributed by atoms with E-state index < -0.39 is 10.0 Å². The second-order valence-electron chi connectivity index (χ2n) is 5.37. The molecule has 1 aliphatic carbocycles. The van der Waals surface area contributed by atoms with Crippen molar-refractivity contribution in [1.29, 1.82) is 0 Å². The van der Waals surface area contributed by atoms with E-state index in [1.54, 1.807) is 4.31 Å². The van der Waals surface area contributed by atoms with Crippen molar-refractivity contribution in [3.05, 3.63) is 0 Å². The van der Waals surface area contributed by atoms with E-state index in [1.165, 1.54) is 19.3 Å². The summed E-state index contributed by atoms with van der Waals surface area (Å²) >= 11 is 0. The quantitative estimate of drug-likeness (QED) is 0.663. The van der Waals surface area contributed by atoms with E-state index in [-0.39, 0.29) is 6.04 Å². The lowest BCUT2D eigenvalue weighted by Gasteiger charge is -2.32. The van der Waals surface area contributed by atoms with Crippen LogP contribution in [0.2, 0.25) is 0 Å². The van der Waals surface area contributed by atoms with Crippen LogP contribution in [0.3, 0.4) is 0 Å². The first-order chi connectivity index (χ1) is 9.11. The molecule has 0 bridgehead atoms. The second kappa shape index (κ2) is 8.93. The Morgan fingerprint density at radius 1 is 1.11 bits per heavy atom. The number of nitrogens with zero attached hydrogens (tertiary/aromatic N) is 1. The maximum atomic E-state index is 12.4. The molecule has 0 amide bonds. The van der Waals surface area contributed by atoms with Gasteiger partial charge in [-0.05, 0) is 38.8 Å². The van der Waals surface area contributed by atoms with Gasteiger partial charge in [0.15, 0.2) is 0 Å². The summed E-state index contributed by atoms with van der Waals surface area (Å²) in [5.74, 6) is 0.308. The van der Waals surface area contributed by atoms with Crippen LogP contribution in [0.25, 0.3) is 0 Å². The Bertz CT molecular complexity index is 324. The van der Waals surface area contributed by atoms with E-state index in [9.17, 15) is 8.42 Å². The molecule has 0 atom stereocenters. The molecule has 1 N–H and O–H groups in total. The van der Waals surface area contributed by atoms with Gasteiger partial charge in [-0.25, -0.2) is 8.42 Å². The van der Waals surface area contributed by atoms with Gasteiger partial charge in [-0.15, -0.1) is 0 Å². The van der Waals surface area contributed by atoms with Crippen LogP contribution in [-0.4, -0.2) is 44.2 Å². The minimum absolute atomic E-state index is 0.262. The van der Waals surface area contributed by atoms with Crippen LogP contribution in [0.4, 0.5) is 0 Å². The molecule has 0 aromatic rings. The molecule has 0 aromatic carbocycles. The van der Waals surface area contributed by atoms with E-state index in [0.717, 1.165) is 38.8 Å². The Kier molecular flexibility index (Phi) is 7.95. The first kappa shape index (κ1) is 16.9. The first-order valence-corrected chi connectivity index (χ1v) is 9.43. The molecule has 0 spiro atoms. The lowest BCUT2D eigenvalue weighted by Crippen LogP contribution is -2.42. The fraction of sp³-hybridized carbons (Fsp3) is 1.00. The van der Waals surface area contributed by atoms with Crippen LogP contribution in [0.1, 0.15) is 58.8 Å². The van der Waals surface area contributed by atoms with Gasteiger partial charge >= 0.3 is 0 Å². The molecule has 4 nitrogen and oxygen atoms in total. The van der Waals surface area contributed by atoms with Crippen LogP contribution in [0, 0.1) is 0 Å². The third-order valence-corrected chi connectivity index (χ3v) is 5.98. The lowest BCUT2D eigenvalue weighted by molar-refractivity contribution is 0.261. The zero-order valence-corrected chi connectivity index (χ0v) is 13.3.